The van der Waals surface area contributed by atoms with Gasteiger partial charge in [0.2, 0.25) is 0 Å². The van der Waals surface area contributed by atoms with E-state index in [1.54, 1.807) is 0 Å². The summed E-state index contributed by atoms with van der Waals surface area (Å²) in [6.45, 7) is 1.02. The van der Waals surface area contributed by atoms with Gasteiger partial charge in [0.15, 0.2) is 0 Å². The number of alkyl halides is 1. The fourth-order valence-corrected chi connectivity index (χ4v) is 1.31. The fraction of sp³-hybridized carbons (Fsp3) is 0.750. The molecule has 1 aliphatic rings. The minimum atomic E-state index is -0.289. The summed E-state index contributed by atoms with van der Waals surface area (Å²) in [5.74, 6) is 0.511. The monoisotopic (exact) mass is 158 g/mol. The molecule has 0 heterocycles. The maximum Gasteiger partial charge on any atom is 0.102 e. The zero-order valence-electron chi connectivity index (χ0n) is 6.59. The summed E-state index contributed by atoms with van der Waals surface area (Å²) in [4.78, 5) is 0. The maximum absolute atomic E-state index is 11.6. The molecule has 11 heavy (non-hydrogen) atoms. The summed E-state index contributed by atoms with van der Waals surface area (Å²) < 4.78 is 11.6. The molecule has 64 valence electrons. The van der Waals surface area contributed by atoms with Crippen LogP contribution < -0.4 is 11.1 Å². The summed E-state index contributed by atoms with van der Waals surface area (Å²) in [5, 5.41) is 3.02. The number of halogens is 1. The van der Waals surface area contributed by atoms with Crippen LogP contribution >= 0.6 is 0 Å². The Balaban J connectivity index is 2.05. The van der Waals surface area contributed by atoms with Crippen LogP contribution in [-0.2, 0) is 0 Å². The molecule has 2 atom stereocenters. The SMILES string of the molecule is NC1C=CC(CNCCF)C1. The molecular weight excluding hydrogens is 143 g/mol. The lowest BCUT2D eigenvalue weighted by Gasteiger charge is -2.08. The zero-order chi connectivity index (χ0) is 8.10. The topological polar surface area (TPSA) is 38.0 Å². The summed E-state index contributed by atoms with van der Waals surface area (Å²) in [5.41, 5.74) is 5.64. The molecule has 0 aromatic carbocycles. The van der Waals surface area contributed by atoms with Gasteiger partial charge in [0.1, 0.15) is 6.67 Å². The third kappa shape index (κ3) is 2.99. The highest BCUT2D eigenvalue weighted by Gasteiger charge is 2.14. The molecule has 0 saturated heterocycles. The molecule has 0 bridgehead atoms. The van der Waals surface area contributed by atoms with Crippen LogP contribution in [0.1, 0.15) is 6.42 Å². The average molecular weight is 158 g/mol. The van der Waals surface area contributed by atoms with E-state index in [1.165, 1.54) is 0 Å². The molecule has 0 radical (unpaired) electrons. The van der Waals surface area contributed by atoms with Gasteiger partial charge in [-0.25, -0.2) is 4.39 Å². The standard InChI is InChI=1S/C8H15FN2/c9-3-4-11-6-7-1-2-8(10)5-7/h1-2,7-8,11H,3-6,10H2. The molecule has 1 aliphatic carbocycles. The second-order valence-electron chi connectivity index (χ2n) is 2.94. The van der Waals surface area contributed by atoms with Crippen molar-refractivity contribution in [3.8, 4) is 0 Å². The number of rotatable bonds is 4. The first-order valence-corrected chi connectivity index (χ1v) is 4.03. The van der Waals surface area contributed by atoms with Crippen LogP contribution in [0.25, 0.3) is 0 Å². The van der Waals surface area contributed by atoms with E-state index in [1.807, 2.05) is 6.08 Å². The molecule has 0 aromatic heterocycles. The maximum atomic E-state index is 11.6. The van der Waals surface area contributed by atoms with Gasteiger partial charge in [-0.05, 0) is 12.3 Å². The van der Waals surface area contributed by atoms with Crippen LogP contribution in [-0.4, -0.2) is 25.8 Å². The van der Waals surface area contributed by atoms with Crippen LogP contribution in [0.15, 0.2) is 12.2 Å². The molecule has 2 nitrogen and oxygen atoms in total. The van der Waals surface area contributed by atoms with Crippen molar-refractivity contribution in [2.75, 3.05) is 19.8 Å². The van der Waals surface area contributed by atoms with E-state index >= 15 is 0 Å². The highest BCUT2D eigenvalue weighted by Crippen LogP contribution is 2.14. The molecule has 0 amide bonds. The van der Waals surface area contributed by atoms with Gasteiger partial charge in [0.25, 0.3) is 0 Å². The highest BCUT2D eigenvalue weighted by atomic mass is 19.1. The van der Waals surface area contributed by atoms with Crippen molar-refractivity contribution < 1.29 is 4.39 Å². The van der Waals surface area contributed by atoms with Crippen LogP contribution in [0.2, 0.25) is 0 Å². The molecule has 2 unspecified atom stereocenters. The molecule has 0 spiro atoms. The van der Waals surface area contributed by atoms with E-state index < -0.39 is 0 Å². The molecule has 1 rings (SSSR count). The molecule has 0 fully saturated rings. The van der Waals surface area contributed by atoms with E-state index in [0.29, 0.717) is 12.5 Å². The number of nitrogens with two attached hydrogens (primary N) is 1. The first-order chi connectivity index (χ1) is 5.33. The van der Waals surface area contributed by atoms with Crippen LogP contribution in [0.5, 0.6) is 0 Å². The normalized spacial score (nSPS) is 29.6. The highest BCUT2D eigenvalue weighted by molar-refractivity contribution is 5.04. The lowest BCUT2D eigenvalue weighted by Crippen LogP contribution is -2.25. The Morgan fingerprint density at radius 2 is 2.36 bits per heavy atom. The minimum absolute atomic E-state index is 0.215. The molecule has 3 N–H and O–H groups in total. The van der Waals surface area contributed by atoms with Gasteiger partial charge in [-0.2, -0.15) is 0 Å². The van der Waals surface area contributed by atoms with Crippen molar-refractivity contribution in [3.05, 3.63) is 12.2 Å². The van der Waals surface area contributed by atoms with Gasteiger partial charge >= 0.3 is 0 Å². The predicted octanol–water partition coefficient (Wildman–Crippen LogP) is 0.449. The molecule has 3 heteroatoms. The Hall–Kier alpha value is -0.410. The first-order valence-electron chi connectivity index (χ1n) is 4.03. The van der Waals surface area contributed by atoms with E-state index in [9.17, 15) is 4.39 Å². The van der Waals surface area contributed by atoms with Crippen LogP contribution in [0.3, 0.4) is 0 Å². The fourth-order valence-electron chi connectivity index (χ4n) is 1.31. The van der Waals surface area contributed by atoms with Gasteiger partial charge in [-0.15, -0.1) is 0 Å². The second-order valence-corrected chi connectivity index (χ2v) is 2.94. The van der Waals surface area contributed by atoms with Crippen LogP contribution in [0, 0.1) is 5.92 Å². The Bertz CT molecular complexity index is 136. The quantitative estimate of drug-likeness (QED) is 0.460. The Labute approximate surface area is 66.7 Å². The molecule has 0 aromatic rings. The second kappa shape index (κ2) is 4.46. The summed E-state index contributed by atoms with van der Waals surface area (Å²) in [6, 6.07) is 0.215. The van der Waals surface area contributed by atoms with Crippen molar-refractivity contribution in [2.24, 2.45) is 11.7 Å². The zero-order valence-corrected chi connectivity index (χ0v) is 6.59. The molecule has 0 saturated carbocycles. The van der Waals surface area contributed by atoms with Crippen molar-refractivity contribution in [1.29, 1.82) is 0 Å². The van der Waals surface area contributed by atoms with Gasteiger partial charge in [0, 0.05) is 19.1 Å². The number of nitrogens with one attached hydrogen (secondary N) is 1. The third-order valence-corrected chi connectivity index (χ3v) is 1.88. The number of hydrogen-bond donors (Lipinski definition) is 2. The van der Waals surface area contributed by atoms with Gasteiger partial charge in [-0.1, -0.05) is 12.2 Å². The van der Waals surface area contributed by atoms with Crippen LogP contribution in [0.4, 0.5) is 4.39 Å². The Morgan fingerprint density at radius 1 is 1.55 bits per heavy atom. The summed E-state index contributed by atoms with van der Waals surface area (Å²) >= 11 is 0. The number of hydrogen-bond acceptors (Lipinski definition) is 2. The van der Waals surface area contributed by atoms with E-state index in [-0.39, 0.29) is 12.7 Å². The van der Waals surface area contributed by atoms with Crippen molar-refractivity contribution in [2.45, 2.75) is 12.5 Å². The van der Waals surface area contributed by atoms with Crippen molar-refractivity contribution >= 4 is 0 Å². The largest absolute Gasteiger partial charge is 0.324 e. The Morgan fingerprint density at radius 3 is 2.91 bits per heavy atom. The van der Waals surface area contributed by atoms with Gasteiger partial charge in [0.05, 0.1) is 0 Å². The summed E-state index contributed by atoms with van der Waals surface area (Å²) in [7, 11) is 0. The van der Waals surface area contributed by atoms with E-state index in [4.69, 9.17) is 5.73 Å². The molecular formula is C8H15FN2. The van der Waals surface area contributed by atoms with E-state index in [0.717, 1.165) is 13.0 Å². The first kappa shape index (κ1) is 8.68. The predicted molar refractivity (Wildman–Crippen MR) is 44.1 cm³/mol. The lowest BCUT2D eigenvalue weighted by atomic mass is 10.1. The smallest absolute Gasteiger partial charge is 0.102 e. The molecule has 0 aliphatic heterocycles. The van der Waals surface area contributed by atoms with Gasteiger partial charge < -0.3 is 11.1 Å². The average Bonchev–Trinajstić information content (AvgIpc) is 2.37. The summed E-state index contributed by atoms with van der Waals surface area (Å²) in [6.07, 6.45) is 5.12. The lowest BCUT2D eigenvalue weighted by molar-refractivity contribution is 0.446. The Kier molecular flexibility index (Phi) is 3.52. The third-order valence-electron chi connectivity index (χ3n) is 1.88. The van der Waals surface area contributed by atoms with E-state index in [2.05, 4.69) is 11.4 Å². The van der Waals surface area contributed by atoms with Crippen molar-refractivity contribution in [3.63, 3.8) is 0 Å². The van der Waals surface area contributed by atoms with Crippen molar-refractivity contribution in [1.82, 2.24) is 5.32 Å². The minimum Gasteiger partial charge on any atom is -0.324 e. The van der Waals surface area contributed by atoms with Gasteiger partial charge in [-0.3, -0.25) is 0 Å².